The maximum atomic E-state index is 13.1. The maximum absolute atomic E-state index is 13.1. The van der Waals surface area contributed by atoms with E-state index in [0.717, 1.165) is 12.8 Å². The molecular weight excluding hydrogens is 386 g/mol. The maximum Gasteiger partial charge on any atom is 0.262 e. The van der Waals surface area contributed by atoms with Gasteiger partial charge in [0.1, 0.15) is 0 Å². The van der Waals surface area contributed by atoms with Crippen LogP contribution in [0, 0.1) is 0 Å². The van der Waals surface area contributed by atoms with Gasteiger partial charge in [-0.2, -0.15) is 0 Å². The van der Waals surface area contributed by atoms with Gasteiger partial charge in [-0.15, -0.1) is 0 Å². The summed E-state index contributed by atoms with van der Waals surface area (Å²) >= 11 is 7.35. The second-order valence-electron chi connectivity index (χ2n) is 7.03. The number of hydrogen-bond donors (Lipinski definition) is 1. The molecule has 1 aliphatic rings. The van der Waals surface area contributed by atoms with E-state index in [9.17, 15) is 9.59 Å². The summed E-state index contributed by atoms with van der Waals surface area (Å²) in [5, 5.41) is 4.06. The SMILES string of the molecule is CC(C)NC(=O)[C@H](C)Sc1nc2cc(Cl)ccc2c(=O)n1C[C@@H]1CCCO1. The van der Waals surface area contributed by atoms with Crippen molar-refractivity contribution in [2.45, 2.75) is 62.7 Å². The number of amides is 1. The second kappa shape index (κ2) is 8.63. The fraction of sp³-hybridized carbons (Fsp3) is 0.526. The largest absolute Gasteiger partial charge is 0.376 e. The van der Waals surface area contributed by atoms with Crippen LogP contribution in [0.3, 0.4) is 0 Å². The summed E-state index contributed by atoms with van der Waals surface area (Å²) in [4.78, 5) is 30.1. The minimum atomic E-state index is -0.383. The molecule has 27 heavy (non-hydrogen) atoms. The monoisotopic (exact) mass is 409 g/mol. The smallest absolute Gasteiger partial charge is 0.262 e. The van der Waals surface area contributed by atoms with Crippen LogP contribution in [0.5, 0.6) is 0 Å². The molecule has 0 bridgehead atoms. The number of halogens is 1. The molecule has 2 aromatic rings. The lowest BCUT2D eigenvalue weighted by molar-refractivity contribution is -0.120. The lowest BCUT2D eigenvalue weighted by atomic mass is 10.2. The van der Waals surface area contributed by atoms with E-state index in [1.54, 1.807) is 22.8 Å². The van der Waals surface area contributed by atoms with Crippen molar-refractivity contribution < 1.29 is 9.53 Å². The lowest BCUT2D eigenvalue weighted by Gasteiger charge is -2.19. The molecule has 2 atom stereocenters. The highest BCUT2D eigenvalue weighted by molar-refractivity contribution is 8.00. The van der Waals surface area contributed by atoms with Crippen LogP contribution >= 0.6 is 23.4 Å². The molecule has 1 saturated heterocycles. The van der Waals surface area contributed by atoms with Crippen molar-refractivity contribution in [1.82, 2.24) is 14.9 Å². The molecule has 3 rings (SSSR count). The van der Waals surface area contributed by atoms with Gasteiger partial charge in [0.15, 0.2) is 5.16 Å². The van der Waals surface area contributed by atoms with Gasteiger partial charge in [-0.05, 0) is 51.8 Å². The normalized spacial score (nSPS) is 18.2. The Morgan fingerprint density at radius 1 is 1.44 bits per heavy atom. The standard InChI is InChI=1S/C19H24ClN3O3S/c1-11(2)21-17(24)12(3)27-19-22-16-9-13(20)6-7-15(16)18(25)23(19)10-14-5-4-8-26-14/h6-7,9,11-12,14H,4-5,8,10H2,1-3H3,(H,21,24)/t12-,14-/m0/s1. The number of ether oxygens (including phenoxy) is 1. The van der Waals surface area contributed by atoms with Crippen LogP contribution in [0.15, 0.2) is 28.2 Å². The van der Waals surface area contributed by atoms with Crippen LogP contribution in [0.1, 0.15) is 33.6 Å². The third-order valence-corrected chi connectivity index (χ3v) is 5.70. The van der Waals surface area contributed by atoms with Gasteiger partial charge < -0.3 is 10.1 Å². The third kappa shape index (κ3) is 4.83. The predicted octanol–water partition coefficient (Wildman–Crippen LogP) is 3.23. The molecule has 0 unspecified atom stereocenters. The van der Waals surface area contributed by atoms with E-state index in [-0.39, 0.29) is 28.9 Å². The van der Waals surface area contributed by atoms with E-state index in [1.165, 1.54) is 11.8 Å². The molecule has 8 heteroatoms. The summed E-state index contributed by atoms with van der Waals surface area (Å²) in [6.07, 6.45) is 1.90. The van der Waals surface area contributed by atoms with Crippen molar-refractivity contribution >= 4 is 40.2 Å². The van der Waals surface area contributed by atoms with Crippen molar-refractivity contribution in [1.29, 1.82) is 0 Å². The van der Waals surface area contributed by atoms with Gasteiger partial charge >= 0.3 is 0 Å². The first-order valence-corrected chi connectivity index (χ1v) is 10.4. The molecule has 6 nitrogen and oxygen atoms in total. The fourth-order valence-electron chi connectivity index (χ4n) is 3.03. The van der Waals surface area contributed by atoms with E-state index in [2.05, 4.69) is 10.3 Å². The zero-order valence-corrected chi connectivity index (χ0v) is 17.3. The van der Waals surface area contributed by atoms with E-state index in [1.807, 2.05) is 20.8 Å². The number of benzene rings is 1. The number of carbonyl (C=O) groups is 1. The molecule has 146 valence electrons. The van der Waals surface area contributed by atoms with Crippen LogP contribution in [-0.2, 0) is 16.1 Å². The number of hydrogen-bond acceptors (Lipinski definition) is 5. The topological polar surface area (TPSA) is 73.2 Å². The van der Waals surface area contributed by atoms with Gasteiger partial charge in [0.2, 0.25) is 5.91 Å². The Hall–Kier alpha value is -1.57. The number of nitrogens with zero attached hydrogens (tertiary/aromatic N) is 2. The number of carbonyl (C=O) groups excluding carboxylic acids is 1. The Balaban J connectivity index is 1.99. The quantitative estimate of drug-likeness (QED) is 0.585. The van der Waals surface area contributed by atoms with Crippen LogP contribution in [0.4, 0.5) is 0 Å². The Labute approximate surface area is 167 Å². The zero-order chi connectivity index (χ0) is 19.6. The van der Waals surface area contributed by atoms with Crippen LogP contribution in [0.2, 0.25) is 5.02 Å². The molecule has 0 radical (unpaired) electrons. The molecular formula is C19H24ClN3O3S. The van der Waals surface area contributed by atoms with E-state index < -0.39 is 0 Å². The molecule has 1 fully saturated rings. The molecule has 0 spiro atoms. The summed E-state index contributed by atoms with van der Waals surface area (Å²) < 4.78 is 7.34. The minimum absolute atomic E-state index is 0.00611. The molecule has 2 heterocycles. The van der Waals surface area contributed by atoms with Crippen LogP contribution in [0.25, 0.3) is 10.9 Å². The molecule has 1 aromatic heterocycles. The van der Waals surface area contributed by atoms with E-state index in [4.69, 9.17) is 16.3 Å². The lowest BCUT2D eigenvalue weighted by Crippen LogP contribution is -2.36. The molecule has 1 amide bonds. The average molecular weight is 410 g/mol. The first kappa shape index (κ1) is 20.2. The van der Waals surface area contributed by atoms with Crippen LogP contribution < -0.4 is 10.9 Å². The highest BCUT2D eigenvalue weighted by Crippen LogP contribution is 2.25. The van der Waals surface area contributed by atoms with Crippen molar-refractivity contribution in [2.75, 3.05) is 6.61 Å². The molecule has 1 aromatic carbocycles. The fourth-order valence-corrected chi connectivity index (χ4v) is 4.12. The number of rotatable bonds is 6. The molecule has 1 N–H and O–H groups in total. The molecule has 0 aliphatic carbocycles. The van der Waals surface area contributed by atoms with Gasteiger partial charge in [0.25, 0.3) is 5.56 Å². The Morgan fingerprint density at radius 3 is 2.89 bits per heavy atom. The van der Waals surface area contributed by atoms with E-state index >= 15 is 0 Å². The van der Waals surface area contributed by atoms with Gasteiger partial charge in [0, 0.05) is 17.7 Å². The summed E-state index contributed by atoms with van der Waals surface area (Å²) in [7, 11) is 0. The minimum Gasteiger partial charge on any atom is -0.376 e. The van der Waals surface area contributed by atoms with Gasteiger partial charge in [0.05, 0.1) is 28.8 Å². The Morgan fingerprint density at radius 2 is 2.22 bits per heavy atom. The average Bonchev–Trinajstić information content (AvgIpc) is 3.10. The van der Waals surface area contributed by atoms with Crippen LogP contribution in [-0.4, -0.2) is 39.5 Å². The van der Waals surface area contributed by atoms with Crippen molar-refractivity contribution in [3.8, 4) is 0 Å². The van der Waals surface area contributed by atoms with Gasteiger partial charge in [-0.25, -0.2) is 4.98 Å². The summed E-state index contributed by atoms with van der Waals surface area (Å²) in [5.74, 6) is -0.0842. The second-order valence-corrected chi connectivity index (χ2v) is 8.77. The zero-order valence-electron chi connectivity index (χ0n) is 15.7. The first-order chi connectivity index (χ1) is 12.8. The summed E-state index contributed by atoms with van der Waals surface area (Å²) in [5.41, 5.74) is 0.404. The highest BCUT2D eigenvalue weighted by Gasteiger charge is 2.23. The number of nitrogens with one attached hydrogen (secondary N) is 1. The Kier molecular flexibility index (Phi) is 6.44. The summed E-state index contributed by atoms with van der Waals surface area (Å²) in [6.45, 7) is 6.79. The molecule has 1 aliphatic heterocycles. The molecule has 0 saturated carbocycles. The van der Waals surface area contributed by atoms with Gasteiger partial charge in [-0.3, -0.25) is 14.2 Å². The number of thioether (sulfide) groups is 1. The highest BCUT2D eigenvalue weighted by atomic mass is 35.5. The number of aromatic nitrogens is 2. The number of fused-ring (bicyclic) bond motifs is 1. The summed E-state index contributed by atoms with van der Waals surface area (Å²) in [6, 6.07) is 5.12. The Bertz CT molecular complexity index is 894. The van der Waals surface area contributed by atoms with Crippen molar-refractivity contribution in [2.24, 2.45) is 0 Å². The van der Waals surface area contributed by atoms with E-state index in [0.29, 0.717) is 34.2 Å². The predicted molar refractivity (Wildman–Crippen MR) is 109 cm³/mol. The third-order valence-electron chi connectivity index (χ3n) is 4.37. The van der Waals surface area contributed by atoms with Crippen molar-refractivity contribution in [3.05, 3.63) is 33.6 Å². The van der Waals surface area contributed by atoms with Crippen molar-refractivity contribution in [3.63, 3.8) is 0 Å². The first-order valence-electron chi connectivity index (χ1n) is 9.14. The van der Waals surface area contributed by atoms with Gasteiger partial charge in [-0.1, -0.05) is 23.4 Å².